The Balaban J connectivity index is 2.23. The molecule has 4 N–H and O–H groups in total. The maximum atomic E-state index is 12.1. The molecule has 1 saturated heterocycles. The van der Waals surface area contributed by atoms with E-state index in [1.165, 1.54) is 7.11 Å². The fraction of sp³-hybridized carbons (Fsp3) is 0.391. The van der Waals surface area contributed by atoms with Crippen LogP contribution in [-0.2, 0) is 16.1 Å². The van der Waals surface area contributed by atoms with Crippen molar-refractivity contribution in [3.8, 4) is 0 Å². The first-order valence-electron chi connectivity index (χ1n) is 9.81. The Morgan fingerprint density at radius 3 is 2.62 bits per heavy atom. The van der Waals surface area contributed by atoms with Crippen LogP contribution < -0.4 is 11.1 Å². The quantitative estimate of drug-likeness (QED) is 0.257. The minimum absolute atomic E-state index is 0.0427. The first-order valence-corrected chi connectivity index (χ1v) is 9.81. The van der Waals surface area contributed by atoms with Crippen molar-refractivity contribution in [3.05, 3.63) is 65.3 Å². The number of nitrogens with two attached hydrogens (primary N) is 1. The van der Waals surface area contributed by atoms with E-state index in [1.807, 2.05) is 13.0 Å². The number of esters is 1. The van der Waals surface area contributed by atoms with E-state index in [-0.39, 0.29) is 5.84 Å². The van der Waals surface area contributed by atoms with Crippen LogP contribution in [0.3, 0.4) is 0 Å². The number of benzene rings is 1. The Bertz CT molecular complexity index is 806. The summed E-state index contributed by atoms with van der Waals surface area (Å²) in [6.45, 7) is 8.79. The third-order valence-electron chi connectivity index (χ3n) is 4.93. The van der Waals surface area contributed by atoms with E-state index in [4.69, 9.17) is 20.6 Å². The van der Waals surface area contributed by atoms with E-state index in [0.29, 0.717) is 30.3 Å². The summed E-state index contributed by atoms with van der Waals surface area (Å²) < 4.78 is 10.8. The molecule has 0 amide bonds. The average Bonchev–Trinajstić information content (AvgIpc) is 2.73. The molecule has 0 saturated carbocycles. The van der Waals surface area contributed by atoms with Crippen molar-refractivity contribution in [2.45, 2.75) is 26.4 Å². The molecule has 0 radical (unpaired) electrons. The van der Waals surface area contributed by atoms with Gasteiger partial charge < -0.3 is 20.5 Å². The van der Waals surface area contributed by atoms with Gasteiger partial charge in [0.15, 0.2) is 0 Å². The van der Waals surface area contributed by atoms with Gasteiger partial charge in [-0.2, -0.15) is 0 Å². The van der Waals surface area contributed by atoms with Crippen LogP contribution in [0.4, 0.5) is 0 Å². The first-order chi connectivity index (χ1) is 13.9. The number of ether oxygens (including phenoxy) is 2. The van der Waals surface area contributed by atoms with Gasteiger partial charge in [-0.15, -0.1) is 0 Å². The number of carbonyl (C=O) groups is 1. The molecule has 29 heavy (non-hydrogen) atoms. The molecule has 156 valence electrons. The predicted octanol–water partition coefficient (Wildman–Crippen LogP) is 3.44. The lowest BCUT2D eigenvalue weighted by Gasteiger charge is -2.22. The topological polar surface area (TPSA) is 97.4 Å². The van der Waals surface area contributed by atoms with Gasteiger partial charge in [0, 0.05) is 12.2 Å². The predicted molar refractivity (Wildman–Crippen MR) is 117 cm³/mol. The first kappa shape index (κ1) is 22.6. The standard InChI is InChI=1S/C23H31N3O3/c1-4-5-19(22(24)25)10-16(2)20-11-18(12-21(13-20)23(27)28-3)15-29-14-17-6-8-26-9-7-17/h4-5,10-13,17,26H,1,6-9,14-15H2,2-3H3,(H3,24,25)/b16-10+,19-5+. The summed E-state index contributed by atoms with van der Waals surface area (Å²) in [7, 11) is 1.37. The van der Waals surface area contributed by atoms with Crippen LogP contribution in [0.1, 0.15) is 41.3 Å². The second kappa shape index (κ2) is 11.3. The summed E-state index contributed by atoms with van der Waals surface area (Å²) in [6.07, 6.45) is 7.32. The zero-order valence-electron chi connectivity index (χ0n) is 17.3. The van der Waals surface area contributed by atoms with Gasteiger partial charge in [-0.1, -0.05) is 18.7 Å². The lowest BCUT2D eigenvalue weighted by atomic mass is 9.98. The van der Waals surface area contributed by atoms with Crippen molar-refractivity contribution >= 4 is 17.4 Å². The largest absolute Gasteiger partial charge is 0.465 e. The third kappa shape index (κ3) is 7.00. The number of rotatable bonds is 9. The van der Waals surface area contributed by atoms with Crippen molar-refractivity contribution in [3.63, 3.8) is 0 Å². The van der Waals surface area contributed by atoms with Crippen molar-refractivity contribution in [2.75, 3.05) is 26.8 Å². The minimum Gasteiger partial charge on any atom is -0.465 e. The Morgan fingerprint density at radius 1 is 1.31 bits per heavy atom. The minimum atomic E-state index is -0.396. The van der Waals surface area contributed by atoms with Crippen molar-refractivity contribution in [1.82, 2.24) is 5.32 Å². The van der Waals surface area contributed by atoms with Crippen LogP contribution in [0.2, 0.25) is 0 Å². The van der Waals surface area contributed by atoms with Gasteiger partial charge in [-0.05, 0) is 79.7 Å². The second-order valence-electron chi connectivity index (χ2n) is 7.22. The van der Waals surface area contributed by atoms with Crippen LogP contribution >= 0.6 is 0 Å². The molecule has 0 bridgehead atoms. The fourth-order valence-corrected chi connectivity index (χ4v) is 3.29. The Hall–Kier alpha value is -2.70. The third-order valence-corrected chi connectivity index (χ3v) is 4.93. The molecule has 2 rings (SSSR count). The van der Waals surface area contributed by atoms with Crippen LogP contribution in [0, 0.1) is 11.3 Å². The molecule has 6 nitrogen and oxygen atoms in total. The maximum absolute atomic E-state index is 12.1. The van der Waals surface area contributed by atoms with Gasteiger partial charge in [0.1, 0.15) is 5.84 Å². The molecule has 6 heteroatoms. The zero-order valence-corrected chi connectivity index (χ0v) is 17.3. The Kier molecular flexibility index (Phi) is 8.83. The molecule has 1 aromatic rings. The molecule has 1 aliphatic rings. The van der Waals surface area contributed by atoms with Gasteiger partial charge in [0.25, 0.3) is 0 Å². The van der Waals surface area contributed by atoms with Crippen LogP contribution in [0.5, 0.6) is 0 Å². The molecule has 1 heterocycles. The van der Waals surface area contributed by atoms with Gasteiger partial charge in [-0.25, -0.2) is 4.79 Å². The van der Waals surface area contributed by atoms with Crippen molar-refractivity contribution < 1.29 is 14.3 Å². The second-order valence-corrected chi connectivity index (χ2v) is 7.22. The number of piperidine rings is 1. The molecule has 0 spiro atoms. The highest BCUT2D eigenvalue weighted by atomic mass is 16.5. The smallest absolute Gasteiger partial charge is 0.337 e. The van der Waals surface area contributed by atoms with E-state index in [2.05, 4.69) is 11.9 Å². The van der Waals surface area contributed by atoms with Gasteiger partial charge in [-0.3, -0.25) is 5.41 Å². The van der Waals surface area contributed by atoms with Gasteiger partial charge in [0.2, 0.25) is 0 Å². The molecule has 1 aliphatic heterocycles. The van der Waals surface area contributed by atoms with Crippen molar-refractivity contribution in [1.29, 1.82) is 5.41 Å². The molecule has 0 unspecified atom stereocenters. The number of methoxy groups -OCH3 is 1. The summed E-state index contributed by atoms with van der Waals surface area (Å²) in [5, 5.41) is 11.1. The van der Waals surface area contributed by atoms with Crippen molar-refractivity contribution in [2.24, 2.45) is 11.7 Å². The Labute approximate surface area is 173 Å². The molecular weight excluding hydrogens is 366 g/mol. The Morgan fingerprint density at radius 2 is 2.00 bits per heavy atom. The summed E-state index contributed by atoms with van der Waals surface area (Å²) in [5.74, 6) is 0.134. The van der Waals surface area contributed by atoms with Crippen LogP contribution in [-0.4, -0.2) is 38.6 Å². The summed E-state index contributed by atoms with van der Waals surface area (Å²) in [5.41, 5.74) is 9.30. The molecule has 1 aromatic carbocycles. The highest BCUT2D eigenvalue weighted by Gasteiger charge is 2.14. The van der Waals surface area contributed by atoms with Crippen LogP contribution in [0.25, 0.3) is 5.57 Å². The number of hydrogen-bond acceptors (Lipinski definition) is 5. The van der Waals surface area contributed by atoms with E-state index < -0.39 is 5.97 Å². The van der Waals surface area contributed by atoms with Gasteiger partial charge in [0.05, 0.1) is 19.3 Å². The van der Waals surface area contributed by atoms with E-state index in [0.717, 1.165) is 42.6 Å². The lowest BCUT2D eigenvalue weighted by molar-refractivity contribution is 0.0599. The summed E-state index contributed by atoms with van der Waals surface area (Å²) >= 11 is 0. The molecule has 1 fully saturated rings. The number of allylic oxidation sites excluding steroid dienone is 3. The van der Waals surface area contributed by atoms with E-state index in [9.17, 15) is 4.79 Å². The zero-order chi connectivity index (χ0) is 21.2. The highest BCUT2D eigenvalue weighted by molar-refractivity contribution is 5.99. The normalized spacial score (nSPS) is 15.8. The number of nitrogens with one attached hydrogen (secondary N) is 2. The molecule has 0 atom stereocenters. The van der Waals surface area contributed by atoms with E-state index >= 15 is 0 Å². The lowest BCUT2D eigenvalue weighted by Crippen LogP contribution is -2.29. The average molecular weight is 398 g/mol. The van der Waals surface area contributed by atoms with E-state index in [1.54, 1.807) is 30.4 Å². The molecule has 0 aromatic heterocycles. The summed E-state index contributed by atoms with van der Waals surface area (Å²) in [6, 6.07) is 5.57. The number of amidine groups is 1. The SMILES string of the molecule is C=C/C=C(\C=C(/C)c1cc(COCC2CCNCC2)cc(C(=O)OC)c1)C(=N)N. The number of hydrogen-bond donors (Lipinski definition) is 3. The monoisotopic (exact) mass is 397 g/mol. The molecular formula is C23H31N3O3. The van der Waals surface area contributed by atoms with Crippen LogP contribution in [0.15, 0.2) is 48.6 Å². The highest BCUT2D eigenvalue weighted by Crippen LogP contribution is 2.22. The van der Waals surface area contributed by atoms with Gasteiger partial charge >= 0.3 is 5.97 Å². The molecule has 0 aliphatic carbocycles. The fourth-order valence-electron chi connectivity index (χ4n) is 3.29. The number of carbonyl (C=O) groups excluding carboxylic acids is 1. The summed E-state index contributed by atoms with van der Waals surface area (Å²) in [4.78, 5) is 12.1. The maximum Gasteiger partial charge on any atom is 0.337 e.